The highest BCUT2D eigenvalue weighted by Crippen LogP contribution is 2.40. The number of hydrogen-bond donors (Lipinski definition) is 0. The lowest BCUT2D eigenvalue weighted by Crippen LogP contribution is -1.96. The molecule has 1 heterocycles. The van der Waals surface area contributed by atoms with E-state index in [2.05, 4.69) is 121 Å². The van der Waals surface area contributed by atoms with Crippen molar-refractivity contribution in [3.05, 3.63) is 158 Å². The Kier molecular flexibility index (Phi) is 5.82. The molecule has 196 valence electrons. The Morgan fingerprint density at radius 1 is 0.310 bits per heavy atom. The lowest BCUT2D eigenvalue weighted by Gasteiger charge is -2.15. The highest BCUT2D eigenvalue weighted by Gasteiger charge is 2.14. The topological polar surface area (TPSA) is 25.8 Å². The van der Waals surface area contributed by atoms with E-state index in [4.69, 9.17) is 9.97 Å². The number of nitrogens with zero attached hydrogens (tertiary/aromatic N) is 2. The van der Waals surface area contributed by atoms with Crippen LogP contribution in [0.4, 0.5) is 0 Å². The second kappa shape index (κ2) is 10.1. The first-order chi connectivity index (χ1) is 20.8. The van der Waals surface area contributed by atoms with Crippen LogP contribution in [0.5, 0.6) is 0 Å². The summed E-state index contributed by atoms with van der Waals surface area (Å²) in [6.45, 7) is 0. The van der Waals surface area contributed by atoms with E-state index in [9.17, 15) is 0 Å². The zero-order valence-corrected chi connectivity index (χ0v) is 22.9. The first kappa shape index (κ1) is 24.2. The summed E-state index contributed by atoms with van der Waals surface area (Å²) in [7, 11) is 0. The molecule has 2 nitrogen and oxygen atoms in total. The van der Waals surface area contributed by atoms with Crippen LogP contribution in [0.1, 0.15) is 0 Å². The average Bonchev–Trinajstić information content (AvgIpc) is 3.08. The Balaban J connectivity index is 1.30. The van der Waals surface area contributed by atoms with Crippen LogP contribution in [-0.4, -0.2) is 9.97 Å². The first-order valence-corrected chi connectivity index (χ1v) is 14.3. The molecule has 7 aromatic carbocycles. The Morgan fingerprint density at radius 3 is 1.57 bits per heavy atom. The van der Waals surface area contributed by atoms with Gasteiger partial charge in [-0.25, -0.2) is 9.97 Å². The van der Waals surface area contributed by atoms with E-state index in [1.54, 1.807) is 0 Å². The van der Waals surface area contributed by atoms with E-state index < -0.39 is 0 Å². The highest BCUT2D eigenvalue weighted by molar-refractivity contribution is 6.20. The van der Waals surface area contributed by atoms with Crippen molar-refractivity contribution in [3.63, 3.8) is 0 Å². The smallest absolute Gasteiger partial charge is 0.160 e. The molecule has 0 saturated heterocycles. The molecule has 0 unspecified atom stereocenters. The molecule has 0 saturated carbocycles. The van der Waals surface area contributed by atoms with Crippen molar-refractivity contribution in [1.29, 1.82) is 0 Å². The fraction of sp³-hybridized carbons (Fsp3) is 0. The number of aromatic nitrogens is 2. The van der Waals surface area contributed by atoms with E-state index in [1.807, 2.05) is 36.4 Å². The van der Waals surface area contributed by atoms with Gasteiger partial charge in [0.25, 0.3) is 0 Å². The molecule has 1 aromatic heterocycles. The summed E-state index contributed by atoms with van der Waals surface area (Å²) in [5.41, 5.74) is 7.41. The van der Waals surface area contributed by atoms with Crippen LogP contribution >= 0.6 is 0 Å². The molecular formula is C40H26N2. The van der Waals surface area contributed by atoms with Gasteiger partial charge in [-0.15, -0.1) is 0 Å². The van der Waals surface area contributed by atoms with Crippen LogP contribution in [0.25, 0.3) is 77.3 Å². The van der Waals surface area contributed by atoms with Gasteiger partial charge < -0.3 is 0 Å². The molecule has 0 aliphatic heterocycles. The molecule has 8 rings (SSSR count). The van der Waals surface area contributed by atoms with Crippen molar-refractivity contribution in [2.75, 3.05) is 0 Å². The van der Waals surface area contributed by atoms with Crippen LogP contribution in [0, 0.1) is 0 Å². The normalized spacial score (nSPS) is 11.3. The highest BCUT2D eigenvalue weighted by atomic mass is 14.9. The second-order valence-corrected chi connectivity index (χ2v) is 10.6. The van der Waals surface area contributed by atoms with Gasteiger partial charge in [0.15, 0.2) is 5.82 Å². The van der Waals surface area contributed by atoms with Crippen LogP contribution in [-0.2, 0) is 0 Å². The van der Waals surface area contributed by atoms with Crippen LogP contribution < -0.4 is 0 Å². The van der Waals surface area contributed by atoms with Gasteiger partial charge in [-0.1, -0.05) is 146 Å². The minimum Gasteiger partial charge on any atom is -0.228 e. The van der Waals surface area contributed by atoms with Gasteiger partial charge in [0.2, 0.25) is 0 Å². The largest absolute Gasteiger partial charge is 0.228 e. The third-order valence-electron chi connectivity index (χ3n) is 8.07. The predicted molar refractivity (Wildman–Crippen MR) is 176 cm³/mol. The minimum absolute atomic E-state index is 0.725. The van der Waals surface area contributed by atoms with Crippen molar-refractivity contribution in [2.24, 2.45) is 0 Å². The van der Waals surface area contributed by atoms with Gasteiger partial charge in [0, 0.05) is 16.7 Å². The lowest BCUT2D eigenvalue weighted by molar-refractivity contribution is 1.18. The van der Waals surface area contributed by atoms with Crippen molar-refractivity contribution in [1.82, 2.24) is 9.97 Å². The summed E-state index contributed by atoms with van der Waals surface area (Å²) < 4.78 is 0. The summed E-state index contributed by atoms with van der Waals surface area (Å²) >= 11 is 0. The monoisotopic (exact) mass is 534 g/mol. The number of benzene rings is 7. The maximum atomic E-state index is 5.02. The fourth-order valence-corrected chi connectivity index (χ4v) is 6.01. The number of rotatable bonds is 4. The van der Waals surface area contributed by atoms with Crippen LogP contribution in [0.2, 0.25) is 0 Å². The van der Waals surface area contributed by atoms with Crippen LogP contribution in [0.3, 0.4) is 0 Å². The summed E-state index contributed by atoms with van der Waals surface area (Å²) in [4.78, 5) is 9.97. The maximum absolute atomic E-state index is 5.02. The van der Waals surface area contributed by atoms with Gasteiger partial charge in [0.05, 0.1) is 11.4 Å². The number of fused-ring (bicyclic) bond motifs is 4. The quantitative estimate of drug-likeness (QED) is 0.166. The Hall–Kier alpha value is -5.60. The fourth-order valence-electron chi connectivity index (χ4n) is 6.01. The van der Waals surface area contributed by atoms with Crippen molar-refractivity contribution >= 4 is 32.3 Å². The van der Waals surface area contributed by atoms with Crippen molar-refractivity contribution in [3.8, 4) is 45.0 Å². The van der Waals surface area contributed by atoms with E-state index in [-0.39, 0.29) is 0 Å². The minimum atomic E-state index is 0.725. The van der Waals surface area contributed by atoms with Gasteiger partial charge in [-0.2, -0.15) is 0 Å². The Bertz CT molecular complexity index is 2160. The molecule has 0 amide bonds. The molecular weight excluding hydrogens is 508 g/mol. The van der Waals surface area contributed by atoms with E-state index in [0.29, 0.717) is 0 Å². The van der Waals surface area contributed by atoms with Gasteiger partial charge in [0.1, 0.15) is 0 Å². The SMILES string of the molecule is c1ccc(-c2cc(-c3ccc(-c4c5ccccc5cc5c4ccc4ccccc45)cc3)nc(-c3ccccc3)n2)cc1. The van der Waals surface area contributed by atoms with Gasteiger partial charge >= 0.3 is 0 Å². The molecule has 0 bridgehead atoms. The third kappa shape index (κ3) is 4.22. The third-order valence-corrected chi connectivity index (χ3v) is 8.07. The molecule has 0 radical (unpaired) electrons. The second-order valence-electron chi connectivity index (χ2n) is 10.6. The molecule has 0 atom stereocenters. The molecule has 8 aromatic rings. The molecule has 0 aliphatic rings. The molecule has 0 aliphatic carbocycles. The van der Waals surface area contributed by atoms with Crippen molar-refractivity contribution in [2.45, 2.75) is 0 Å². The molecule has 2 heteroatoms. The summed E-state index contributed by atoms with van der Waals surface area (Å²) in [5, 5.41) is 7.58. The summed E-state index contributed by atoms with van der Waals surface area (Å²) in [5.74, 6) is 0.725. The standard InChI is InChI=1S/C40H26N2/c1-3-12-28(13-4-1)37-26-38(42-40(41-37)31-14-5-2-6-15-31)29-19-21-30(22-20-29)39-34-18-10-8-16-32(34)25-36-33-17-9-7-11-27(33)23-24-35(36)39/h1-26H. The number of hydrogen-bond acceptors (Lipinski definition) is 2. The summed E-state index contributed by atoms with van der Waals surface area (Å²) in [6, 6.07) is 55.6. The van der Waals surface area contributed by atoms with Crippen molar-refractivity contribution < 1.29 is 0 Å². The molecule has 0 N–H and O–H groups in total. The Morgan fingerprint density at radius 2 is 0.857 bits per heavy atom. The lowest BCUT2D eigenvalue weighted by atomic mass is 9.89. The molecule has 0 fully saturated rings. The van der Waals surface area contributed by atoms with Gasteiger partial charge in [-0.3, -0.25) is 0 Å². The first-order valence-electron chi connectivity index (χ1n) is 14.3. The average molecular weight is 535 g/mol. The molecule has 42 heavy (non-hydrogen) atoms. The van der Waals surface area contributed by atoms with E-state index in [1.165, 1.54) is 43.4 Å². The van der Waals surface area contributed by atoms with E-state index >= 15 is 0 Å². The van der Waals surface area contributed by atoms with E-state index in [0.717, 1.165) is 33.9 Å². The zero-order chi connectivity index (χ0) is 27.9. The Labute approximate surface area is 244 Å². The maximum Gasteiger partial charge on any atom is 0.160 e. The zero-order valence-electron chi connectivity index (χ0n) is 22.9. The summed E-state index contributed by atoms with van der Waals surface area (Å²) in [6.07, 6.45) is 0. The van der Waals surface area contributed by atoms with Crippen LogP contribution in [0.15, 0.2) is 158 Å². The molecule has 0 spiro atoms. The predicted octanol–water partition coefficient (Wildman–Crippen LogP) is 10.6. The van der Waals surface area contributed by atoms with Gasteiger partial charge in [-0.05, 0) is 55.6 Å².